The van der Waals surface area contributed by atoms with E-state index in [0.717, 1.165) is 54.1 Å². The zero-order chi connectivity index (χ0) is 21.6. The predicted octanol–water partition coefficient (Wildman–Crippen LogP) is 4.69. The van der Waals surface area contributed by atoms with E-state index in [1.807, 2.05) is 60.2 Å². The van der Waals surface area contributed by atoms with Gasteiger partial charge in [-0.05, 0) is 24.6 Å². The van der Waals surface area contributed by atoms with Crippen LogP contribution in [0.5, 0.6) is 0 Å². The number of nitrogens with zero attached hydrogens (tertiary/aromatic N) is 4. The number of hydrogen-bond acceptors (Lipinski definition) is 5. The van der Waals surface area contributed by atoms with Crippen molar-refractivity contribution in [1.82, 2.24) is 14.8 Å². The monoisotopic (exact) mass is 432 g/mol. The Balaban J connectivity index is 1.33. The summed E-state index contributed by atoms with van der Waals surface area (Å²) in [6, 6.07) is 20.4. The van der Waals surface area contributed by atoms with Gasteiger partial charge < -0.3 is 9.80 Å². The van der Waals surface area contributed by atoms with E-state index >= 15 is 0 Å². The number of anilines is 2. The van der Waals surface area contributed by atoms with Crippen LogP contribution in [-0.4, -0.2) is 60.5 Å². The van der Waals surface area contributed by atoms with Crippen molar-refractivity contribution in [2.24, 2.45) is 0 Å². The van der Waals surface area contributed by atoms with Crippen LogP contribution in [0, 0.1) is 6.92 Å². The van der Waals surface area contributed by atoms with Gasteiger partial charge in [0.1, 0.15) is 4.88 Å². The zero-order valence-corrected chi connectivity index (χ0v) is 18.9. The van der Waals surface area contributed by atoms with E-state index in [0.29, 0.717) is 0 Å². The molecule has 0 radical (unpaired) electrons. The molecule has 1 amide bonds. The van der Waals surface area contributed by atoms with Crippen molar-refractivity contribution < 1.29 is 4.79 Å². The first-order valence-electron chi connectivity index (χ1n) is 10.6. The van der Waals surface area contributed by atoms with Crippen LogP contribution in [0.4, 0.5) is 10.8 Å². The number of piperazine rings is 1. The number of benzene rings is 2. The molecule has 0 N–H and O–H groups in total. The standard InChI is InChI=1S/C25H28N4OS/c1-20-23(31-25(26-20)27(2)22-13-7-4-8-14-22)24(30)29-18-16-28(17-19-29)15-9-12-21-10-5-3-6-11-21/h3-14H,15-19H2,1-2H3/b12-9+. The number of aromatic nitrogens is 1. The summed E-state index contributed by atoms with van der Waals surface area (Å²) in [4.78, 5) is 24.9. The molecule has 0 atom stereocenters. The van der Waals surface area contributed by atoms with Crippen molar-refractivity contribution in [3.63, 3.8) is 0 Å². The van der Waals surface area contributed by atoms with Crippen molar-refractivity contribution >= 4 is 34.1 Å². The van der Waals surface area contributed by atoms with E-state index in [-0.39, 0.29) is 5.91 Å². The van der Waals surface area contributed by atoms with E-state index in [1.165, 1.54) is 16.9 Å². The summed E-state index contributed by atoms with van der Waals surface area (Å²) in [7, 11) is 1.99. The number of hydrogen-bond donors (Lipinski definition) is 0. The lowest BCUT2D eigenvalue weighted by molar-refractivity contribution is 0.0654. The molecule has 2 aromatic carbocycles. The number of aryl methyl sites for hydroxylation is 1. The first-order chi connectivity index (χ1) is 15.1. The highest BCUT2D eigenvalue weighted by atomic mass is 32.1. The molecule has 0 unspecified atom stereocenters. The van der Waals surface area contributed by atoms with E-state index in [4.69, 9.17) is 0 Å². The molecular formula is C25H28N4OS. The smallest absolute Gasteiger partial charge is 0.266 e. The van der Waals surface area contributed by atoms with Crippen molar-refractivity contribution in [2.45, 2.75) is 6.92 Å². The van der Waals surface area contributed by atoms with Crippen LogP contribution in [0.1, 0.15) is 20.9 Å². The zero-order valence-electron chi connectivity index (χ0n) is 18.1. The molecule has 3 aromatic rings. The predicted molar refractivity (Wildman–Crippen MR) is 129 cm³/mol. The van der Waals surface area contributed by atoms with Crippen LogP contribution < -0.4 is 4.90 Å². The van der Waals surface area contributed by atoms with Crippen LogP contribution in [0.2, 0.25) is 0 Å². The van der Waals surface area contributed by atoms with Crippen molar-refractivity contribution in [1.29, 1.82) is 0 Å². The lowest BCUT2D eigenvalue weighted by Crippen LogP contribution is -2.48. The second-order valence-corrected chi connectivity index (χ2v) is 8.69. The third-order valence-electron chi connectivity index (χ3n) is 5.54. The molecule has 6 heteroatoms. The Morgan fingerprint density at radius 1 is 1.03 bits per heavy atom. The third kappa shape index (κ3) is 5.21. The largest absolute Gasteiger partial charge is 0.335 e. The Bertz CT molecular complexity index is 1020. The van der Waals surface area contributed by atoms with Crippen molar-refractivity contribution in [3.05, 3.63) is 82.9 Å². The molecule has 0 bridgehead atoms. The highest BCUT2D eigenvalue weighted by Crippen LogP contribution is 2.31. The summed E-state index contributed by atoms with van der Waals surface area (Å²) >= 11 is 1.48. The van der Waals surface area contributed by atoms with Gasteiger partial charge in [-0.1, -0.05) is 72.0 Å². The van der Waals surface area contributed by atoms with Crippen molar-refractivity contribution in [3.8, 4) is 0 Å². The SMILES string of the molecule is Cc1nc(N(C)c2ccccc2)sc1C(=O)N1CCN(C/C=C/c2ccccc2)CC1. The van der Waals surface area contributed by atoms with Crippen LogP contribution in [0.15, 0.2) is 66.7 Å². The van der Waals surface area contributed by atoms with Gasteiger partial charge in [0.05, 0.1) is 5.69 Å². The van der Waals surface area contributed by atoms with Gasteiger partial charge >= 0.3 is 0 Å². The van der Waals surface area contributed by atoms with E-state index in [9.17, 15) is 4.79 Å². The maximum atomic E-state index is 13.1. The van der Waals surface area contributed by atoms with Gasteiger partial charge in [0, 0.05) is 45.5 Å². The van der Waals surface area contributed by atoms with Gasteiger partial charge in [-0.2, -0.15) is 0 Å². The minimum absolute atomic E-state index is 0.0992. The van der Waals surface area contributed by atoms with E-state index < -0.39 is 0 Å². The lowest BCUT2D eigenvalue weighted by Gasteiger charge is -2.34. The maximum absolute atomic E-state index is 13.1. The Hall–Kier alpha value is -2.96. The number of carbonyl (C=O) groups is 1. The number of rotatable bonds is 6. The van der Waals surface area contributed by atoms with E-state index in [2.05, 4.69) is 46.3 Å². The normalized spacial score (nSPS) is 14.8. The molecule has 2 heterocycles. The van der Waals surface area contributed by atoms with Gasteiger partial charge in [0.25, 0.3) is 5.91 Å². The highest BCUT2D eigenvalue weighted by molar-refractivity contribution is 7.17. The van der Waals surface area contributed by atoms with Gasteiger partial charge in [-0.25, -0.2) is 4.98 Å². The molecule has 0 saturated carbocycles. The Kier molecular flexibility index (Phi) is 6.79. The minimum atomic E-state index is 0.0992. The molecule has 1 aromatic heterocycles. The average molecular weight is 433 g/mol. The first-order valence-corrected chi connectivity index (χ1v) is 11.4. The molecule has 0 aliphatic carbocycles. The van der Waals surface area contributed by atoms with Gasteiger partial charge in [-0.15, -0.1) is 0 Å². The fraction of sp³-hybridized carbons (Fsp3) is 0.280. The Labute approximate surface area is 188 Å². The summed E-state index contributed by atoms with van der Waals surface area (Å²) < 4.78 is 0. The summed E-state index contributed by atoms with van der Waals surface area (Å²) in [6.45, 7) is 6.11. The molecule has 0 spiro atoms. The molecule has 1 aliphatic rings. The number of para-hydroxylation sites is 1. The average Bonchev–Trinajstić information content (AvgIpc) is 3.21. The quantitative estimate of drug-likeness (QED) is 0.567. The van der Waals surface area contributed by atoms with Crippen LogP contribution >= 0.6 is 11.3 Å². The second-order valence-electron chi connectivity index (χ2n) is 7.71. The fourth-order valence-electron chi connectivity index (χ4n) is 3.67. The number of thiazole rings is 1. The topological polar surface area (TPSA) is 39.7 Å². The minimum Gasteiger partial charge on any atom is -0.335 e. The summed E-state index contributed by atoms with van der Waals surface area (Å²) in [5, 5.41) is 0.844. The molecule has 160 valence electrons. The summed E-state index contributed by atoms with van der Waals surface area (Å²) in [5.74, 6) is 0.0992. The molecule has 5 nitrogen and oxygen atoms in total. The molecule has 31 heavy (non-hydrogen) atoms. The summed E-state index contributed by atoms with van der Waals surface area (Å²) in [6.07, 6.45) is 4.36. The third-order valence-corrected chi connectivity index (χ3v) is 6.76. The Morgan fingerprint density at radius 2 is 1.68 bits per heavy atom. The van der Waals surface area contributed by atoms with Crippen LogP contribution in [0.25, 0.3) is 6.08 Å². The second kappa shape index (κ2) is 9.90. The first kappa shape index (κ1) is 21.3. The van der Waals surface area contributed by atoms with Gasteiger partial charge in [0.15, 0.2) is 5.13 Å². The Morgan fingerprint density at radius 3 is 2.35 bits per heavy atom. The molecule has 1 fully saturated rings. The van der Waals surface area contributed by atoms with Crippen molar-refractivity contribution in [2.75, 3.05) is 44.7 Å². The number of carbonyl (C=O) groups excluding carboxylic acids is 1. The lowest BCUT2D eigenvalue weighted by atomic mass is 10.2. The summed E-state index contributed by atoms with van der Waals surface area (Å²) in [5.41, 5.74) is 3.08. The van der Waals surface area contributed by atoms with E-state index in [1.54, 1.807) is 0 Å². The van der Waals surface area contributed by atoms with Gasteiger partial charge in [0.2, 0.25) is 0 Å². The van der Waals surface area contributed by atoms with Crippen LogP contribution in [0.3, 0.4) is 0 Å². The molecule has 4 rings (SSSR count). The molecule has 1 aliphatic heterocycles. The fourth-order valence-corrected chi connectivity index (χ4v) is 4.68. The number of amides is 1. The van der Waals surface area contributed by atoms with Crippen LogP contribution in [-0.2, 0) is 0 Å². The molecule has 1 saturated heterocycles. The maximum Gasteiger partial charge on any atom is 0.266 e. The molecular weight excluding hydrogens is 404 g/mol. The highest BCUT2D eigenvalue weighted by Gasteiger charge is 2.26. The van der Waals surface area contributed by atoms with Gasteiger partial charge in [-0.3, -0.25) is 9.69 Å².